The molecule has 0 spiro atoms. The summed E-state index contributed by atoms with van der Waals surface area (Å²) in [5.74, 6) is 0. The Balaban J connectivity index is 1.83. The van der Waals surface area contributed by atoms with E-state index in [4.69, 9.17) is 0 Å². The number of fused-ring (bicyclic) bond motifs is 2. The van der Waals surface area contributed by atoms with Crippen LogP contribution in [-0.4, -0.2) is 23.6 Å². The van der Waals surface area contributed by atoms with E-state index in [9.17, 15) is 10.1 Å². The molecule has 9 heteroatoms. The van der Waals surface area contributed by atoms with Crippen molar-refractivity contribution in [1.29, 1.82) is 0 Å². The fraction of sp³-hybridized carbons (Fsp3) is 0. The predicted octanol–water partition coefficient (Wildman–Crippen LogP) is 3.63. The summed E-state index contributed by atoms with van der Waals surface area (Å²) in [5, 5.41) is 12.0. The van der Waals surface area contributed by atoms with E-state index in [0.29, 0.717) is 21.1 Å². The maximum Gasteiger partial charge on any atom is 0.312 e. The lowest BCUT2D eigenvalue weighted by atomic mass is 10.3. The first-order chi connectivity index (χ1) is 10.7. The van der Waals surface area contributed by atoms with Gasteiger partial charge in [0.1, 0.15) is 5.52 Å². The van der Waals surface area contributed by atoms with Crippen molar-refractivity contribution < 1.29 is 4.92 Å². The number of hydrogen-bond donors (Lipinski definition) is 1. The minimum atomic E-state index is -0.422. The first-order valence-corrected chi connectivity index (χ1v) is 7.79. The molecule has 2 aromatic carbocycles. The normalized spacial score (nSPS) is 11.3. The van der Waals surface area contributed by atoms with Crippen molar-refractivity contribution in [1.82, 2.24) is 18.7 Å². The lowest BCUT2D eigenvalue weighted by molar-refractivity contribution is -0.386. The number of H-pyrrole nitrogens is 1. The van der Waals surface area contributed by atoms with Crippen molar-refractivity contribution in [2.24, 2.45) is 0 Å². The van der Waals surface area contributed by atoms with Gasteiger partial charge in [-0.3, -0.25) is 10.1 Å². The molecule has 7 nitrogen and oxygen atoms in total. The third-order valence-electron chi connectivity index (χ3n) is 3.12. The summed E-state index contributed by atoms with van der Waals surface area (Å²) in [6.45, 7) is 0. The zero-order valence-corrected chi connectivity index (χ0v) is 12.5. The van der Waals surface area contributed by atoms with Crippen LogP contribution in [0, 0.1) is 10.1 Å². The van der Waals surface area contributed by atoms with E-state index in [1.807, 2.05) is 24.3 Å². The van der Waals surface area contributed by atoms with Crippen LogP contribution in [0.15, 0.2) is 46.5 Å². The molecule has 1 N–H and O–H groups in total. The lowest BCUT2D eigenvalue weighted by Gasteiger charge is -2.00. The van der Waals surface area contributed by atoms with Crippen LogP contribution < -0.4 is 0 Å². The molecular formula is C13H7N5O2S2. The molecule has 0 aliphatic carbocycles. The first-order valence-electron chi connectivity index (χ1n) is 6.24. The fourth-order valence-electron chi connectivity index (χ4n) is 2.16. The Hall–Kier alpha value is -2.52. The molecule has 0 unspecified atom stereocenters. The van der Waals surface area contributed by atoms with Gasteiger partial charge < -0.3 is 4.98 Å². The highest BCUT2D eigenvalue weighted by Crippen LogP contribution is 2.38. The van der Waals surface area contributed by atoms with Crippen LogP contribution in [0.1, 0.15) is 0 Å². The summed E-state index contributed by atoms with van der Waals surface area (Å²) in [7, 11) is 0. The van der Waals surface area contributed by atoms with Gasteiger partial charge in [-0.25, -0.2) is 4.98 Å². The number of nitro groups is 1. The molecule has 108 valence electrons. The SMILES string of the molecule is O=[N+]([O-])c1c(Sc2nc3ccccc3[nH]2)ccc2nsnc12. The second-order valence-electron chi connectivity index (χ2n) is 4.46. The van der Waals surface area contributed by atoms with Crippen LogP contribution in [0.5, 0.6) is 0 Å². The minimum absolute atomic E-state index is 0.0308. The van der Waals surface area contributed by atoms with Gasteiger partial charge in [0.25, 0.3) is 0 Å². The predicted molar refractivity (Wildman–Crippen MR) is 84.3 cm³/mol. The summed E-state index contributed by atoms with van der Waals surface area (Å²) in [4.78, 5) is 19.0. The quantitative estimate of drug-likeness (QED) is 0.455. The van der Waals surface area contributed by atoms with Crippen LogP contribution in [0.3, 0.4) is 0 Å². The molecule has 0 bridgehead atoms. The van der Waals surface area contributed by atoms with Crippen molar-refractivity contribution in [2.75, 3.05) is 0 Å². The average molecular weight is 329 g/mol. The van der Waals surface area contributed by atoms with Gasteiger partial charge in [-0.15, -0.1) is 0 Å². The molecule has 0 saturated heterocycles. The van der Waals surface area contributed by atoms with Crippen molar-refractivity contribution >= 4 is 51.2 Å². The highest BCUT2D eigenvalue weighted by atomic mass is 32.2. The number of nitro benzene ring substituents is 1. The summed E-state index contributed by atoms with van der Waals surface area (Å²) in [5.41, 5.74) is 2.53. The number of rotatable bonds is 3. The van der Waals surface area contributed by atoms with Gasteiger partial charge in [0.05, 0.1) is 32.6 Å². The minimum Gasteiger partial charge on any atom is -0.333 e. The Morgan fingerprint density at radius 1 is 1.14 bits per heavy atom. The van der Waals surface area contributed by atoms with Gasteiger partial charge in [0, 0.05) is 0 Å². The Morgan fingerprint density at radius 2 is 2.00 bits per heavy atom. The fourth-order valence-corrected chi connectivity index (χ4v) is 3.62. The van der Waals surface area contributed by atoms with Crippen LogP contribution >= 0.6 is 23.5 Å². The van der Waals surface area contributed by atoms with E-state index >= 15 is 0 Å². The van der Waals surface area contributed by atoms with E-state index in [0.717, 1.165) is 22.8 Å². The molecule has 0 saturated carbocycles. The number of nitrogens with one attached hydrogen (secondary N) is 1. The molecule has 4 aromatic rings. The Kier molecular flexibility index (Phi) is 3.01. The molecule has 22 heavy (non-hydrogen) atoms. The van der Waals surface area contributed by atoms with Crippen molar-refractivity contribution in [3.63, 3.8) is 0 Å². The van der Waals surface area contributed by atoms with E-state index in [1.165, 1.54) is 11.8 Å². The Morgan fingerprint density at radius 3 is 2.82 bits per heavy atom. The molecule has 0 atom stereocenters. The Bertz CT molecular complexity index is 977. The van der Waals surface area contributed by atoms with Crippen LogP contribution in [-0.2, 0) is 0 Å². The van der Waals surface area contributed by atoms with Crippen LogP contribution in [0.2, 0.25) is 0 Å². The zero-order chi connectivity index (χ0) is 15.1. The van der Waals surface area contributed by atoms with Crippen LogP contribution in [0.25, 0.3) is 22.1 Å². The lowest BCUT2D eigenvalue weighted by Crippen LogP contribution is -1.93. The first kappa shape index (κ1) is 13.2. The summed E-state index contributed by atoms with van der Waals surface area (Å²) < 4.78 is 8.07. The smallest absolute Gasteiger partial charge is 0.312 e. The number of para-hydroxylation sites is 2. The summed E-state index contributed by atoms with van der Waals surface area (Å²) in [6.07, 6.45) is 0. The molecule has 0 amide bonds. The summed E-state index contributed by atoms with van der Waals surface area (Å²) >= 11 is 2.18. The molecule has 0 aliphatic rings. The Labute approximate surface area is 131 Å². The number of aromatic amines is 1. The topological polar surface area (TPSA) is 97.6 Å². The van der Waals surface area contributed by atoms with Crippen molar-refractivity contribution in [2.45, 2.75) is 10.1 Å². The molecule has 2 aromatic heterocycles. The third-order valence-corrected chi connectivity index (χ3v) is 4.60. The van der Waals surface area contributed by atoms with Gasteiger partial charge in [0.2, 0.25) is 0 Å². The number of hydrogen-bond acceptors (Lipinski definition) is 7. The maximum absolute atomic E-state index is 11.4. The maximum atomic E-state index is 11.4. The van der Waals surface area contributed by atoms with Gasteiger partial charge in [0.15, 0.2) is 10.7 Å². The zero-order valence-electron chi connectivity index (χ0n) is 10.9. The molecular weight excluding hydrogens is 322 g/mol. The van der Waals surface area contributed by atoms with Gasteiger partial charge in [-0.05, 0) is 36.0 Å². The number of nitrogens with zero attached hydrogens (tertiary/aromatic N) is 4. The highest BCUT2D eigenvalue weighted by molar-refractivity contribution is 7.99. The van der Waals surface area contributed by atoms with Gasteiger partial charge >= 0.3 is 5.69 Å². The van der Waals surface area contributed by atoms with Gasteiger partial charge in [-0.2, -0.15) is 8.75 Å². The highest BCUT2D eigenvalue weighted by Gasteiger charge is 2.23. The van der Waals surface area contributed by atoms with Crippen LogP contribution in [0.4, 0.5) is 5.69 Å². The van der Waals surface area contributed by atoms with Gasteiger partial charge in [-0.1, -0.05) is 12.1 Å². The number of aromatic nitrogens is 4. The second-order valence-corrected chi connectivity index (χ2v) is 6.02. The van der Waals surface area contributed by atoms with Crippen molar-refractivity contribution in [3.05, 3.63) is 46.5 Å². The van der Waals surface area contributed by atoms with Crippen molar-refractivity contribution in [3.8, 4) is 0 Å². The number of benzene rings is 2. The molecule has 0 aliphatic heterocycles. The third kappa shape index (κ3) is 2.11. The monoisotopic (exact) mass is 329 g/mol. The second kappa shape index (κ2) is 5.04. The molecule has 4 rings (SSSR count). The standard InChI is InChI=1S/C13H7N5O2S2/c19-18(20)12-10(6-5-9-11(12)17-22-16-9)21-13-14-7-3-1-2-4-8(7)15-13/h1-6H,(H,14,15). The number of imidazole rings is 1. The molecule has 0 radical (unpaired) electrons. The molecule has 0 fully saturated rings. The van der Waals surface area contributed by atoms with E-state index in [2.05, 4.69) is 18.7 Å². The molecule has 2 heterocycles. The largest absolute Gasteiger partial charge is 0.333 e. The van der Waals surface area contributed by atoms with E-state index in [1.54, 1.807) is 12.1 Å². The average Bonchev–Trinajstić information content (AvgIpc) is 3.11. The summed E-state index contributed by atoms with van der Waals surface area (Å²) in [6, 6.07) is 11.0. The van der Waals surface area contributed by atoms with E-state index < -0.39 is 4.92 Å². The van der Waals surface area contributed by atoms with E-state index in [-0.39, 0.29) is 5.69 Å².